The van der Waals surface area contributed by atoms with Crippen LogP contribution in [0.3, 0.4) is 0 Å². The molecule has 2 N–H and O–H groups in total. The van der Waals surface area contributed by atoms with Gasteiger partial charge in [-0.3, -0.25) is 9.59 Å². The molecule has 0 aromatic rings. The molecular weight excluding hydrogens is 218 g/mol. The molecule has 2 atom stereocenters. The molecule has 0 aromatic carbocycles. The summed E-state index contributed by atoms with van der Waals surface area (Å²) in [6.45, 7) is 8.01. The first kappa shape index (κ1) is 14.0. The van der Waals surface area contributed by atoms with Crippen LogP contribution in [0, 0.1) is 11.8 Å². The molecule has 1 heterocycles. The molecular formula is C12H23N3O2. The van der Waals surface area contributed by atoms with Gasteiger partial charge < -0.3 is 15.5 Å². The van der Waals surface area contributed by atoms with E-state index in [9.17, 15) is 9.59 Å². The van der Waals surface area contributed by atoms with Gasteiger partial charge in [0.2, 0.25) is 11.8 Å². The van der Waals surface area contributed by atoms with Gasteiger partial charge in [0, 0.05) is 19.5 Å². The fourth-order valence-electron chi connectivity index (χ4n) is 1.77. The fraction of sp³-hybridized carbons (Fsp3) is 0.833. The lowest BCUT2D eigenvalue weighted by molar-refractivity contribution is -0.136. The monoisotopic (exact) mass is 241 g/mol. The Morgan fingerprint density at radius 3 is 2.41 bits per heavy atom. The second-order valence-corrected chi connectivity index (χ2v) is 4.79. The molecule has 0 radical (unpaired) electrons. The van der Waals surface area contributed by atoms with Crippen LogP contribution in [-0.4, -0.2) is 49.4 Å². The number of likely N-dealkylation sites (N-methyl/N-ethyl adjacent to an activating group) is 1. The van der Waals surface area contributed by atoms with Crippen LogP contribution in [0.5, 0.6) is 0 Å². The molecule has 0 bridgehead atoms. The van der Waals surface area contributed by atoms with E-state index in [0.717, 1.165) is 13.1 Å². The van der Waals surface area contributed by atoms with E-state index in [0.29, 0.717) is 12.5 Å². The topological polar surface area (TPSA) is 61.4 Å². The van der Waals surface area contributed by atoms with Crippen molar-refractivity contribution in [3.05, 3.63) is 0 Å². The molecule has 5 heteroatoms. The molecule has 2 amide bonds. The Morgan fingerprint density at radius 2 is 2.00 bits per heavy atom. The van der Waals surface area contributed by atoms with E-state index in [4.69, 9.17) is 0 Å². The van der Waals surface area contributed by atoms with Gasteiger partial charge in [0.05, 0.1) is 0 Å². The molecule has 0 spiro atoms. The van der Waals surface area contributed by atoms with Crippen molar-refractivity contribution in [2.75, 3.05) is 26.7 Å². The normalized spacial score (nSPS) is 19.1. The van der Waals surface area contributed by atoms with Crippen molar-refractivity contribution in [2.24, 2.45) is 11.8 Å². The molecule has 0 aliphatic carbocycles. The van der Waals surface area contributed by atoms with Gasteiger partial charge >= 0.3 is 0 Å². The highest BCUT2D eigenvalue weighted by atomic mass is 16.2. The summed E-state index contributed by atoms with van der Waals surface area (Å²) in [4.78, 5) is 25.3. The van der Waals surface area contributed by atoms with Crippen molar-refractivity contribution in [1.29, 1.82) is 0 Å². The maximum absolute atomic E-state index is 11.9. The average molecular weight is 241 g/mol. The quantitative estimate of drug-likeness (QED) is 0.702. The first-order chi connectivity index (χ1) is 7.97. The van der Waals surface area contributed by atoms with Gasteiger partial charge in [-0.1, -0.05) is 6.92 Å². The van der Waals surface area contributed by atoms with E-state index in [-0.39, 0.29) is 17.7 Å². The summed E-state index contributed by atoms with van der Waals surface area (Å²) in [6.07, 6.45) is 0. The van der Waals surface area contributed by atoms with Gasteiger partial charge in [-0.15, -0.1) is 0 Å². The highest BCUT2D eigenvalue weighted by Crippen LogP contribution is 2.15. The maximum atomic E-state index is 11.9. The van der Waals surface area contributed by atoms with Crippen LogP contribution in [0.2, 0.25) is 0 Å². The highest BCUT2D eigenvalue weighted by Gasteiger charge is 2.30. The smallest absolute Gasteiger partial charge is 0.244 e. The SMILES string of the molecule is CCN(C)C(=O)C(C)NC(=O)C(C)C1CNC1. The minimum atomic E-state index is -0.442. The Hall–Kier alpha value is -1.10. The predicted molar refractivity (Wildman–Crippen MR) is 66.4 cm³/mol. The lowest BCUT2D eigenvalue weighted by Crippen LogP contribution is -2.52. The summed E-state index contributed by atoms with van der Waals surface area (Å²) in [7, 11) is 1.74. The summed E-state index contributed by atoms with van der Waals surface area (Å²) in [5.74, 6) is 0.307. The van der Waals surface area contributed by atoms with Gasteiger partial charge in [-0.25, -0.2) is 0 Å². The number of hydrogen-bond acceptors (Lipinski definition) is 3. The van der Waals surface area contributed by atoms with Gasteiger partial charge in [-0.2, -0.15) is 0 Å². The highest BCUT2D eigenvalue weighted by molar-refractivity contribution is 5.88. The van der Waals surface area contributed by atoms with Crippen LogP contribution >= 0.6 is 0 Å². The zero-order valence-electron chi connectivity index (χ0n) is 11.1. The Balaban J connectivity index is 2.41. The minimum Gasteiger partial charge on any atom is -0.344 e. The molecule has 1 saturated heterocycles. The van der Waals surface area contributed by atoms with E-state index < -0.39 is 6.04 Å². The number of hydrogen-bond donors (Lipinski definition) is 2. The van der Waals surface area contributed by atoms with Crippen molar-refractivity contribution in [3.63, 3.8) is 0 Å². The number of carbonyl (C=O) groups is 2. The van der Waals surface area contributed by atoms with Gasteiger partial charge in [0.15, 0.2) is 0 Å². The summed E-state index contributed by atoms with van der Waals surface area (Å²) >= 11 is 0. The second-order valence-electron chi connectivity index (χ2n) is 4.79. The Kier molecular flexibility index (Phi) is 4.93. The van der Waals surface area contributed by atoms with Crippen molar-refractivity contribution >= 4 is 11.8 Å². The van der Waals surface area contributed by atoms with Gasteiger partial charge in [-0.05, 0) is 32.9 Å². The Labute approximate surface area is 103 Å². The lowest BCUT2D eigenvalue weighted by Gasteiger charge is -2.32. The van der Waals surface area contributed by atoms with E-state index in [1.54, 1.807) is 18.9 Å². The number of nitrogens with one attached hydrogen (secondary N) is 2. The summed E-state index contributed by atoms with van der Waals surface area (Å²) in [5, 5.41) is 5.93. The average Bonchev–Trinajstić information content (AvgIpc) is 2.24. The van der Waals surface area contributed by atoms with Crippen LogP contribution in [-0.2, 0) is 9.59 Å². The van der Waals surface area contributed by atoms with Crippen molar-refractivity contribution in [2.45, 2.75) is 26.8 Å². The molecule has 2 unspecified atom stereocenters. The van der Waals surface area contributed by atoms with E-state index in [1.807, 2.05) is 13.8 Å². The first-order valence-corrected chi connectivity index (χ1v) is 6.23. The number of carbonyl (C=O) groups excluding carboxylic acids is 2. The molecule has 1 rings (SSSR count). The third-order valence-corrected chi connectivity index (χ3v) is 3.51. The Bertz CT molecular complexity index is 289. The lowest BCUT2D eigenvalue weighted by atomic mass is 9.88. The first-order valence-electron chi connectivity index (χ1n) is 6.23. The molecule has 1 fully saturated rings. The van der Waals surface area contributed by atoms with Gasteiger partial charge in [0.1, 0.15) is 6.04 Å². The molecule has 17 heavy (non-hydrogen) atoms. The molecule has 0 saturated carbocycles. The predicted octanol–water partition coefficient (Wildman–Crippen LogP) is -0.175. The van der Waals surface area contributed by atoms with Crippen molar-refractivity contribution in [1.82, 2.24) is 15.5 Å². The zero-order valence-corrected chi connectivity index (χ0v) is 11.1. The standard InChI is InChI=1S/C12H23N3O2/c1-5-15(4)12(17)9(3)14-11(16)8(2)10-6-13-7-10/h8-10,13H,5-7H2,1-4H3,(H,14,16). The second kappa shape index (κ2) is 6.00. The van der Waals surface area contributed by atoms with Crippen molar-refractivity contribution in [3.8, 4) is 0 Å². The van der Waals surface area contributed by atoms with E-state index >= 15 is 0 Å². The largest absolute Gasteiger partial charge is 0.344 e. The maximum Gasteiger partial charge on any atom is 0.244 e. The summed E-state index contributed by atoms with van der Waals surface area (Å²) < 4.78 is 0. The fourth-order valence-corrected chi connectivity index (χ4v) is 1.77. The van der Waals surface area contributed by atoms with Crippen LogP contribution in [0.4, 0.5) is 0 Å². The molecule has 98 valence electrons. The molecule has 1 aliphatic rings. The molecule has 1 aliphatic heterocycles. The van der Waals surface area contributed by atoms with E-state index in [1.165, 1.54) is 0 Å². The van der Waals surface area contributed by atoms with Crippen LogP contribution in [0.15, 0.2) is 0 Å². The van der Waals surface area contributed by atoms with Crippen LogP contribution in [0.25, 0.3) is 0 Å². The Morgan fingerprint density at radius 1 is 1.41 bits per heavy atom. The number of nitrogens with zero attached hydrogens (tertiary/aromatic N) is 1. The molecule has 5 nitrogen and oxygen atoms in total. The third-order valence-electron chi connectivity index (χ3n) is 3.51. The third kappa shape index (κ3) is 3.43. The van der Waals surface area contributed by atoms with Crippen molar-refractivity contribution < 1.29 is 9.59 Å². The van der Waals surface area contributed by atoms with Gasteiger partial charge in [0.25, 0.3) is 0 Å². The van der Waals surface area contributed by atoms with Crippen LogP contribution < -0.4 is 10.6 Å². The number of amides is 2. The summed E-state index contributed by atoms with van der Waals surface area (Å²) in [6, 6.07) is -0.442. The summed E-state index contributed by atoms with van der Waals surface area (Å²) in [5.41, 5.74) is 0. The minimum absolute atomic E-state index is 0.0261. The van der Waals surface area contributed by atoms with E-state index in [2.05, 4.69) is 10.6 Å². The van der Waals surface area contributed by atoms with Crippen LogP contribution in [0.1, 0.15) is 20.8 Å². The zero-order chi connectivity index (χ0) is 13.0. The number of rotatable bonds is 5. The molecule has 0 aromatic heterocycles.